The number of carboxylic acids is 2. The van der Waals surface area contributed by atoms with Gasteiger partial charge >= 0.3 is 11.9 Å². The molecule has 2 unspecified atom stereocenters. The maximum absolute atomic E-state index is 10.2. The Morgan fingerprint density at radius 1 is 0.429 bits per heavy atom. The van der Waals surface area contributed by atoms with E-state index in [1.165, 1.54) is 80.0 Å². The van der Waals surface area contributed by atoms with Crippen molar-refractivity contribution < 1.29 is 30.0 Å². The summed E-state index contributed by atoms with van der Waals surface area (Å²) in [4.78, 5) is 40.2. The zero-order chi connectivity index (χ0) is 29.6. The third-order valence-corrected chi connectivity index (χ3v) is 7.50. The molecule has 8 heterocycles. The highest BCUT2D eigenvalue weighted by atomic mass is 16.4. The van der Waals surface area contributed by atoms with Gasteiger partial charge in [0.05, 0.1) is 80.0 Å². The molecular weight excluding hydrogens is 544 g/mol. The number of aliphatic hydroxyl groups is 2. The van der Waals surface area contributed by atoms with Crippen LogP contribution in [0.2, 0.25) is 0 Å². The average Bonchev–Trinajstić information content (AvgIpc) is 2.97. The molecule has 0 amide bonds. The molecule has 10 rings (SSSR count). The first-order valence-corrected chi connectivity index (χ1v) is 13.9. The Morgan fingerprint density at radius 3 is 0.786 bits per heavy atom. The van der Waals surface area contributed by atoms with E-state index in [0.717, 1.165) is 0 Å². The van der Waals surface area contributed by atoms with Crippen LogP contribution < -0.4 is 0 Å². The molecule has 2 aromatic carbocycles. The number of carbonyl (C=O) groups is 2. The minimum atomic E-state index is -1.41. The van der Waals surface area contributed by atoms with E-state index in [9.17, 15) is 9.59 Å². The molecule has 2 aromatic rings. The Labute approximate surface area is 245 Å². The summed E-state index contributed by atoms with van der Waals surface area (Å²) < 4.78 is 0. The zero-order valence-corrected chi connectivity index (χ0v) is 23.6. The average molecular weight is 585 g/mol. The molecule has 228 valence electrons. The van der Waals surface area contributed by atoms with Crippen LogP contribution in [0, 0.1) is 0 Å². The third-order valence-electron chi connectivity index (χ3n) is 7.50. The molecule has 14 heteroatoms. The highest BCUT2D eigenvalue weighted by molar-refractivity contribution is 5.74. The second-order valence-corrected chi connectivity index (χ2v) is 11.4. The summed E-state index contributed by atoms with van der Waals surface area (Å²) in [5, 5.41) is 34.8. The van der Waals surface area contributed by atoms with Gasteiger partial charge in [-0.1, -0.05) is 60.7 Å². The predicted molar refractivity (Wildman–Crippen MR) is 151 cm³/mol. The van der Waals surface area contributed by atoms with E-state index in [4.69, 9.17) is 20.4 Å². The van der Waals surface area contributed by atoms with Crippen molar-refractivity contribution in [1.82, 2.24) is 39.2 Å². The fourth-order valence-electron chi connectivity index (χ4n) is 6.02. The molecule has 8 aliphatic rings. The molecule has 0 spiro atoms. The smallest absolute Gasteiger partial charge is 0.337 e. The van der Waals surface area contributed by atoms with Crippen molar-refractivity contribution in [1.29, 1.82) is 0 Å². The number of nitrogens with zero attached hydrogens (tertiary/aromatic N) is 8. The van der Waals surface area contributed by atoms with Gasteiger partial charge in [-0.15, -0.1) is 0 Å². The van der Waals surface area contributed by atoms with Gasteiger partial charge in [-0.3, -0.25) is 39.2 Å². The van der Waals surface area contributed by atoms with Crippen LogP contribution in [0.15, 0.2) is 60.7 Å². The minimum Gasteiger partial charge on any atom is -0.479 e. The Hall–Kier alpha value is -3.02. The van der Waals surface area contributed by atoms with Gasteiger partial charge in [0.25, 0.3) is 0 Å². The molecular formula is C28H40N8O6. The van der Waals surface area contributed by atoms with Crippen LogP contribution in [0.1, 0.15) is 23.3 Å². The standard InChI is InChI=1S/2C8H8O3.2C6H12N4/c2*9-7(8(10)11)6-4-2-1-3-5-6;2*1-7-2-9-4-8(1)5-10(3-7)6-9/h2*1-5,7,9H,(H,10,11);2*1-6H2. The summed E-state index contributed by atoms with van der Waals surface area (Å²) >= 11 is 0. The monoisotopic (exact) mass is 584 g/mol. The van der Waals surface area contributed by atoms with Crippen LogP contribution in [0.4, 0.5) is 0 Å². The lowest BCUT2D eigenvalue weighted by Gasteiger charge is -2.56. The molecule has 8 bridgehead atoms. The van der Waals surface area contributed by atoms with Gasteiger partial charge in [0.2, 0.25) is 0 Å². The highest BCUT2D eigenvalue weighted by Gasteiger charge is 2.37. The molecule has 14 nitrogen and oxygen atoms in total. The van der Waals surface area contributed by atoms with E-state index in [1.54, 1.807) is 60.7 Å². The molecule has 8 fully saturated rings. The van der Waals surface area contributed by atoms with Gasteiger partial charge in [0, 0.05) is 0 Å². The summed E-state index contributed by atoms with van der Waals surface area (Å²) in [5.74, 6) is -2.45. The summed E-state index contributed by atoms with van der Waals surface area (Å²) in [6.07, 6.45) is -2.81. The predicted octanol–water partition coefficient (Wildman–Crippen LogP) is -0.430. The van der Waals surface area contributed by atoms with Crippen molar-refractivity contribution in [3.8, 4) is 0 Å². The summed E-state index contributed by atoms with van der Waals surface area (Å²) in [6, 6.07) is 16.5. The van der Waals surface area contributed by atoms with Crippen molar-refractivity contribution in [2.24, 2.45) is 0 Å². The second-order valence-electron chi connectivity index (χ2n) is 11.4. The molecule has 0 saturated carbocycles. The van der Waals surface area contributed by atoms with E-state index >= 15 is 0 Å². The normalized spacial score (nSPS) is 34.0. The molecule has 42 heavy (non-hydrogen) atoms. The minimum absolute atomic E-state index is 0.403. The zero-order valence-electron chi connectivity index (χ0n) is 23.6. The van der Waals surface area contributed by atoms with Crippen LogP contribution in [0.3, 0.4) is 0 Å². The van der Waals surface area contributed by atoms with Crippen LogP contribution in [0.5, 0.6) is 0 Å². The fourth-order valence-corrected chi connectivity index (χ4v) is 6.02. The maximum atomic E-state index is 10.2. The van der Waals surface area contributed by atoms with Crippen LogP contribution in [-0.4, -0.2) is 152 Å². The summed E-state index contributed by atoms with van der Waals surface area (Å²) in [7, 11) is 0. The van der Waals surface area contributed by atoms with Gasteiger partial charge in [0.1, 0.15) is 0 Å². The Bertz CT molecular complexity index is 971. The van der Waals surface area contributed by atoms with Crippen LogP contribution in [0.25, 0.3) is 0 Å². The van der Waals surface area contributed by atoms with E-state index in [2.05, 4.69) is 39.2 Å². The number of rotatable bonds is 4. The topological polar surface area (TPSA) is 141 Å². The van der Waals surface area contributed by atoms with Crippen LogP contribution in [-0.2, 0) is 9.59 Å². The second kappa shape index (κ2) is 14.0. The Balaban J connectivity index is 0.000000112. The van der Waals surface area contributed by atoms with Crippen molar-refractivity contribution in [2.45, 2.75) is 12.2 Å². The number of aliphatic carboxylic acids is 2. The van der Waals surface area contributed by atoms with Gasteiger partial charge < -0.3 is 20.4 Å². The first kappa shape index (κ1) is 30.4. The molecule has 2 atom stereocenters. The molecule has 8 aliphatic heterocycles. The Morgan fingerprint density at radius 2 is 0.619 bits per heavy atom. The van der Waals surface area contributed by atoms with Crippen molar-refractivity contribution in [3.63, 3.8) is 0 Å². The first-order valence-electron chi connectivity index (χ1n) is 13.9. The van der Waals surface area contributed by atoms with Crippen molar-refractivity contribution in [2.75, 3.05) is 80.0 Å². The molecule has 0 radical (unpaired) electrons. The molecule has 4 N–H and O–H groups in total. The van der Waals surface area contributed by atoms with E-state index in [-0.39, 0.29) is 0 Å². The number of hydrogen-bond donors (Lipinski definition) is 4. The maximum Gasteiger partial charge on any atom is 0.337 e. The lowest BCUT2D eigenvalue weighted by atomic mass is 10.1. The van der Waals surface area contributed by atoms with E-state index < -0.39 is 24.1 Å². The lowest BCUT2D eigenvalue weighted by molar-refractivity contribution is -0.194. The van der Waals surface area contributed by atoms with E-state index in [0.29, 0.717) is 11.1 Å². The largest absolute Gasteiger partial charge is 0.479 e. The molecule has 8 saturated heterocycles. The third kappa shape index (κ3) is 8.08. The van der Waals surface area contributed by atoms with E-state index in [1.807, 2.05) is 0 Å². The first-order chi connectivity index (χ1) is 20.2. The molecule has 0 aliphatic carbocycles. The number of aliphatic hydroxyl groups excluding tert-OH is 2. The Kier molecular flexibility index (Phi) is 10.1. The fraction of sp³-hybridized carbons (Fsp3) is 0.500. The van der Waals surface area contributed by atoms with Gasteiger partial charge in [-0.25, -0.2) is 9.59 Å². The van der Waals surface area contributed by atoms with Gasteiger partial charge in [0.15, 0.2) is 12.2 Å². The quantitative estimate of drug-likeness (QED) is 0.369. The summed E-state index contributed by atoms with van der Waals surface area (Å²) in [6.45, 7) is 14.2. The van der Waals surface area contributed by atoms with Crippen LogP contribution >= 0.6 is 0 Å². The van der Waals surface area contributed by atoms with Gasteiger partial charge in [-0.2, -0.15) is 0 Å². The van der Waals surface area contributed by atoms with Gasteiger partial charge in [-0.05, 0) is 11.1 Å². The highest BCUT2D eigenvalue weighted by Crippen LogP contribution is 2.21. The molecule has 0 aromatic heterocycles. The van der Waals surface area contributed by atoms with Crippen molar-refractivity contribution >= 4 is 11.9 Å². The number of carboxylic acid groups (broad SMARTS) is 2. The lowest BCUT2D eigenvalue weighted by Crippen LogP contribution is -2.71. The number of benzene rings is 2. The summed E-state index contributed by atoms with van der Waals surface area (Å²) in [5.41, 5.74) is 0.806. The van der Waals surface area contributed by atoms with Crippen molar-refractivity contribution in [3.05, 3.63) is 71.8 Å². The number of hydrogen-bond acceptors (Lipinski definition) is 12. The SMILES string of the molecule is C1N2CN3CN1CN(C2)C3.C1N2CN3CN1CN(C2)C3.O=C(O)C(O)c1ccccc1.O=C(O)C(O)c1ccccc1.